The fraction of sp³-hybridized carbons (Fsp3) is 0.647. The van der Waals surface area contributed by atoms with E-state index in [1.165, 1.54) is 23.3 Å². The Morgan fingerprint density at radius 2 is 2.00 bits per heavy atom. The first-order valence-electron chi connectivity index (χ1n) is 8.32. The van der Waals surface area contributed by atoms with Gasteiger partial charge in [-0.3, -0.25) is 9.59 Å². The van der Waals surface area contributed by atoms with Gasteiger partial charge in [0, 0.05) is 36.3 Å². The highest BCUT2D eigenvalue weighted by Crippen LogP contribution is 2.38. The summed E-state index contributed by atoms with van der Waals surface area (Å²) in [5.74, 6) is 0.387. The Morgan fingerprint density at radius 1 is 1.23 bits per heavy atom. The average molecular weight is 318 g/mol. The molecule has 1 aromatic heterocycles. The molecule has 0 aromatic carbocycles. The van der Waals surface area contributed by atoms with E-state index < -0.39 is 0 Å². The van der Waals surface area contributed by atoms with E-state index in [0.29, 0.717) is 6.42 Å². The van der Waals surface area contributed by atoms with Gasteiger partial charge in [-0.1, -0.05) is 0 Å². The normalized spacial score (nSPS) is 23.5. The van der Waals surface area contributed by atoms with E-state index in [4.69, 9.17) is 0 Å². The highest BCUT2D eigenvalue weighted by atomic mass is 32.1. The first-order chi connectivity index (χ1) is 10.7. The molecule has 118 valence electrons. The molecule has 0 radical (unpaired) electrons. The minimum absolute atomic E-state index is 0.113. The van der Waals surface area contributed by atoms with Crippen LogP contribution in [0.5, 0.6) is 0 Å². The zero-order valence-corrected chi connectivity index (χ0v) is 13.6. The van der Waals surface area contributed by atoms with Crippen LogP contribution in [0.2, 0.25) is 0 Å². The monoisotopic (exact) mass is 318 g/mol. The topological polar surface area (TPSA) is 49.4 Å². The van der Waals surface area contributed by atoms with Crippen LogP contribution in [0.15, 0.2) is 5.38 Å². The number of likely N-dealkylation sites (tertiary alicyclic amines) is 1. The van der Waals surface area contributed by atoms with E-state index in [1.807, 2.05) is 4.90 Å². The number of hydrogen-bond donors (Lipinski definition) is 1. The molecule has 0 unspecified atom stereocenters. The minimum Gasteiger partial charge on any atom is -0.356 e. The number of fused-ring (bicyclic) bond motifs is 1. The molecule has 22 heavy (non-hydrogen) atoms. The fourth-order valence-corrected chi connectivity index (χ4v) is 5.25. The zero-order chi connectivity index (χ0) is 15.2. The molecule has 1 N–H and O–H groups in total. The summed E-state index contributed by atoms with van der Waals surface area (Å²) in [5, 5.41) is 5.02. The van der Waals surface area contributed by atoms with Crippen LogP contribution < -0.4 is 5.32 Å². The predicted molar refractivity (Wildman–Crippen MR) is 86.2 cm³/mol. The van der Waals surface area contributed by atoms with Crippen LogP contribution in [0.4, 0.5) is 0 Å². The molecule has 5 heteroatoms. The smallest absolute Gasteiger partial charge is 0.254 e. The summed E-state index contributed by atoms with van der Waals surface area (Å²) in [7, 11) is 0. The Bertz CT molecular complexity index is 614. The fourth-order valence-electron chi connectivity index (χ4n) is 4.13. The molecule has 4 nitrogen and oxygen atoms in total. The van der Waals surface area contributed by atoms with Crippen LogP contribution in [-0.4, -0.2) is 36.3 Å². The van der Waals surface area contributed by atoms with Gasteiger partial charge in [0.15, 0.2) is 0 Å². The lowest BCUT2D eigenvalue weighted by molar-refractivity contribution is -0.119. The summed E-state index contributed by atoms with van der Waals surface area (Å²) in [6.07, 6.45) is 7.21. The zero-order valence-electron chi connectivity index (χ0n) is 12.8. The Balaban J connectivity index is 1.46. The van der Waals surface area contributed by atoms with Crippen molar-refractivity contribution < 1.29 is 9.59 Å². The Morgan fingerprint density at radius 3 is 2.73 bits per heavy atom. The second-order valence-electron chi connectivity index (χ2n) is 7.00. The number of carbonyl (C=O) groups excluding carboxylic acids is 2. The third-order valence-electron chi connectivity index (χ3n) is 5.60. The third kappa shape index (κ3) is 2.35. The molecule has 2 amide bonds. The van der Waals surface area contributed by atoms with Crippen molar-refractivity contribution in [2.24, 2.45) is 5.41 Å². The van der Waals surface area contributed by atoms with Crippen LogP contribution in [-0.2, 0) is 17.6 Å². The molecule has 0 bridgehead atoms. The van der Waals surface area contributed by atoms with E-state index in [-0.39, 0.29) is 17.2 Å². The van der Waals surface area contributed by atoms with Crippen molar-refractivity contribution in [1.29, 1.82) is 0 Å². The van der Waals surface area contributed by atoms with Gasteiger partial charge in [0.2, 0.25) is 5.91 Å². The van der Waals surface area contributed by atoms with Crippen molar-refractivity contribution in [3.63, 3.8) is 0 Å². The van der Waals surface area contributed by atoms with Crippen molar-refractivity contribution in [2.45, 2.75) is 44.9 Å². The maximum absolute atomic E-state index is 12.9. The highest BCUT2D eigenvalue weighted by Gasteiger charge is 2.42. The van der Waals surface area contributed by atoms with E-state index in [2.05, 4.69) is 10.7 Å². The highest BCUT2D eigenvalue weighted by molar-refractivity contribution is 7.10. The van der Waals surface area contributed by atoms with Gasteiger partial charge in [0.05, 0.1) is 5.56 Å². The van der Waals surface area contributed by atoms with Crippen molar-refractivity contribution >= 4 is 23.2 Å². The molecule has 1 aromatic rings. The summed E-state index contributed by atoms with van der Waals surface area (Å²) < 4.78 is 0. The van der Waals surface area contributed by atoms with Gasteiger partial charge in [-0.2, -0.15) is 0 Å². The van der Waals surface area contributed by atoms with Crippen molar-refractivity contribution in [3.05, 3.63) is 21.4 Å². The Labute approximate surface area is 134 Å². The van der Waals surface area contributed by atoms with E-state index in [9.17, 15) is 9.59 Å². The van der Waals surface area contributed by atoms with Crippen LogP contribution in [0, 0.1) is 5.41 Å². The van der Waals surface area contributed by atoms with Gasteiger partial charge in [-0.05, 0) is 49.5 Å². The molecule has 3 aliphatic rings. The van der Waals surface area contributed by atoms with Gasteiger partial charge in [0.25, 0.3) is 5.91 Å². The number of aryl methyl sites for hydroxylation is 1. The van der Waals surface area contributed by atoms with Crippen molar-refractivity contribution in [3.8, 4) is 0 Å². The van der Waals surface area contributed by atoms with Gasteiger partial charge >= 0.3 is 0 Å². The number of carbonyl (C=O) groups is 2. The maximum Gasteiger partial charge on any atom is 0.254 e. The minimum atomic E-state index is 0.113. The average Bonchev–Trinajstić information content (AvgIpc) is 3.12. The SMILES string of the molecule is O=C1CC2(CCN(C(=O)c3csc4c3CCCC4)CC2)CN1. The summed E-state index contributed by atoms with van der Waals surface area (Å²) in [6.45, 7) is 2.37. The number of amides is 2. The first kappa shape index (κ1) is 14.2. The lowest BCUT2D eigenvalue weighted by atomic mass is 9.77. The molecule has 2 aliphatic heterocycles. The van der Waals surface area contributed by atoms with E-state index >= 15 is 0 Å². The Hall–Kier alpha value is -1.36. The van der Waals surface area contributed by atoms with Gasteiger partial charge in [0.1, 0.15) is 0 Å². The summed E-state index contributed by atoms with van der Waals surface area (Å²) in [6, 6.07) is 0. The number of rotatable bonds is 1. The standard InChI is InChI=1S/C17H22N2O2S/c20-15-9-17(11-18-15)5-7-19(8-6-17)16(21)13-10-22-14-4-2-1-3-12(13)14/h10H,1-9,11H2,(H,18,20). The molecule has 1 spiro atoms. The number of nitrogens with zero attached hydrogens (tertiary/aromatic N) is 1. The number of thiophene rings is 1. The first-order valence-corrected chi connectivity index (χ1v) is 9.20. The van der Waals surface area contributed by atoms with Gasteiger partial charge in [-0.25, -0.2) is 0 Å². The van der Waals surface area contributed by atoms with E-state index in [1.54, 1.807) is 11.3 Å². The molecule has 4 rings (SSSR count). The number of piperidine rings is 1. The second-order valence-corrected chi connectivity index (χ2v) is 7.97. The van der Waals surface area contributed by atoms with Crippen molar-refractivity contribution in [2.75, 3.05) is 19.6 Å². The van der Waals surface area contributed by atoms with Crippen LogP contribution in [0.3, 0.4) is 0 Å². The molecule has 3 heterocycles. The molecular weight excluding hydrogens is 296 g/mol. The summed E-state index contributed by atoms with van der Waals surface area (Å²) in [5.41, 5.74) is 2.39. The summed E-state index contributed by atoms with van der Waals surface area (Å²) in [4.78, 5) is 27.8. The lowest BCUT2D eigenvalue weighted by Gasteiger charge is -2.38. The van der Waals surface area contributed by atoms with Crippen LogP contribution in [0.1, 0.15) is 52.9 Å². The van der Waals surface area contributed by atoms with Gasteiger partial charge in [-0.15, -0.1) is 11.3 Å². The third-order valence-corrected chi connectivity index (χ3v) is 6.69. The van der Waals surface area contributed by atoms with Crippen molar-refractivity contribution in [1.82, 2.24) is 10.2 Å². The Kier molecular flexibility index (Phi) is 3.48. The quantitative estimate of drug-likeness (QED) is 0.864. The van der Waals surface area contributed by atoms with Gasteiger partial charge < -0.3 is 10.2 Å². The number of nitrogens with one attached hydrogen (secondary N) is 1. The molecule has 2 saturated heterocycles. The second kappa shape index (κ2) is 5.37. The van der Waals surface area contributed by atoms with E-state index in [0.717, 1.165) is 50.9 Å². The lowest BCUT2D eigenvalue weighted by Crippen LogP contribution is -2.44. The molecule has 0 saturated carbocycles. The molecule has 1 aliphatic carbocycles. The largest absolute Gasteiger partial charge is 0.356 e. The molecule has 0 atom stereocenters. The van der Waals surface area contributed by atoms with Crippen LogP contribution in [0.25, 0.3) is 0 Å². The molecule has 2 fully saturated rings. The predicted octanol–water partition coefficient (Wildman–Crippen LogP) is 2.37. The molecular formula is C17H22N2O2S. The number of hydrogen-bond acceptors (Lipinski definition) is 3. The van der Waals surface area contributed by atoms with Crippen LogP contribution >= 0.6 is 11.3 Å². The summed E-state index contributed by atoms with van der Waals surface area (Å²) >= 11 is 1.76. The maximum atomic E-state index is 12.9.